The molecule has 4 nitrogen and oxygen atoms in total. The summed E-state index contributed by atoms with van der Waals surface area (Å²) >= 11 is 0. The number of sulfonamides is 1. The third-order valence-corrected chi connectivity index (χ3v) is 5.76. The molecule has 0 spiro atoms. The van der Waals surface area contributed by atoms with Crippen molar-refractivity contribution < 1.29 is 13.5 Å². The van der Waals surface area contributed by atoms with Gasteiger partial charge < -0.3 is 5.11 Å². The molecule has 0 aliphatic heterocycles. The first kappa shape index (κ1) is 19.0. The Labute approximate surface area is 160 Å². The molecule has 5 heteroatoms. The number of nitrogens with one attached hydrogen (secondary N) is 1. The van der Waals surface area contributed by atoms with Crippen molar-refractivity contribution in [2.24, 2.45) is 0 Å². The topological polar surface area (TPSA) is 66.4 Å². The van der Waals surface area contributed by atoms with E-state index >= 15 is 0 Å². The number of phenols is 1. The third-order valence-electron chi connectivity index (χ3n) is 4.38. The highest BCUT2D eigenvalue weighted by molar-refractivity contribution is 7.92. The third kappa shape index (κ3) is 4.31. The zero-order chi connectivity index (χ0) is 19.7. The maximum Gasteiger partial charge on any atom is 0.262 e. The molecule has 2 N–H and O–H groups in total. The van der Waals surface area contributed by atoms with Crippen molar-refractivity contribution >= 4 is 15.7 Å². The molecule has 0 heterocycles. The van der Waals surface area contributed by atoms with Gasteiger partial charge in [-0.15, -0.1) is 0 Å². The Morgan fingerprint density at radius 3 is 2.04 bits per heavy atom. The van der Waals surface area contributed by atoms with E-state index in [0.717, 1.165) is 16.7 Å². The number of anilines is 1. The van der Waals surface area contributed by atoms with Gasteiger partial charge in [-0.1, -0.05) is 69.3 Å². The molecule has 27 heavy (non-hydrogen) atoms. The average molecular weight is 381 g/mol. The van der Waals surface area contributed by atoms with Gasteiger partial charge in [0, 0.05) is 0 Å². The van der Waals surface area contributed by atoms with Crippen LogP contribution in [0, 0.1) is 0 Å². The summed E-state index contributed by atoms with van der Waals surface area (Å²) < 4.78 is 28.0. The number of aromatic hydroxyl groups is 1. The SMILES string of the molecule is CC(C)(C)c1ccc(S(=O)(=O)Nc2cc(-c3ccccc3)ccc2O)cc1. The van der Waals surface area contributed by atoms with Crippen molar-refractivity contribution in [2.75, 3.05) is 4.72 Å². The van der Waals surface area contributed by atoms with Crippen LogP contribution in [0.5, 0.6) is 5.75 Å². The number of benzene rings is 3. The van der Waals surface area contributed by atoms with Crippen LogP contribution in [0.2, 0.25) is 0 Å². The molecule has 140 valence electrons. The lowest BCUT2D eigenvalue weighted by molar-refractivity contribution is 0.477. The number of rotatable bonds is 4. The highest BCUT2D eigenvalue weighted by atomic mass is 32.2. The summed E-state index contributed by atoms with van der Waals surface area (Å²) in [7, 11) is -3.81. The predicted octanol–water partition coefficient (Wildman–Crippen LogP) is 5.16. The van der Waals surface area contributed by atoms with Crippen molar-refractivity contribution in [3.63, 3.8) is 0 Å². The average Bonchev–Trinajstić information content (AvgIpc) is 2.63. The Morgan fingerprint density at radius 2 is 1.44 bits per heavy atom. The Kier molecular flexibility index (Phi) is 4.98. The summed E-state index contributed by atoms with van der Waals surface area (Å²) in [5, 5.41) is 10.1. The molecule has 0 aliphatic carbocycles. The van der Waals surface area contributed by atoms with Gasteiger partial charge >= 0.3 is 0 Å². The minimum absolute atomic E-state index is 0.0575. The maximum atomic E-state index is 12.7. The Hall–Kier alpha value is -2.79. The van der Waals surface area contributed by atoms with E-state index in [1.807, 2.05) is 42.5 Å². The van der Waals surface area contributed by atoms with Gasteiger partial charge in [-0.3, -0.25) is 4.72 Å². The van der Waals surface area contributed by atoms with Crippen LogP contribution >= 0.6 is 0 Å². The summed E-state index contributed by atoms with van der Waals surface area (Å²) in [6.07, 6.45) is 0. The molecule has 0 amide bonds. The summed E-state index contributed by atoms with van der Waals surface area (Å²) in [5.41, 5.74) is 2.89. The fourth-order valence-corrected chi connectivity index (χ4v) is 3.83. The van der Waals surface area contributed by atoms with Crippen LogP contribution in [0.4, 0.5) is 5.69 Å². The maximum absolute atomic E-state index is 12.7. The predicted molar refractivity (Wildman–Crippen MR) is 109 cm³/mol. The first-order valence-corrected chi connectivity index (χ1v) is 10.2. The molecule has 0 saturated heterocycles. The molecule has 3 aromatic rings. The standard InChI is InChI=1S/C22H23NO3S/c1-22(2,3)18-10-12-19(13-11-18)27(25,26)23-20-15-17(9-14-21(20)24)16-7-5-4-6-8-16/h4-15,23-24H,1-3H3. The number of hydrogen-bond acceptors (Lipinski definition) is 3. The van der Waals surface area contributed by atoms with Gasteiger partial charge in [0.2, 0.25) is 0 Å². The second kappa shape index (κ2) is 7.08. The van der Waals surface area contributed by atoms with Crippen molar-refractivity contribution in [2.45, 2.75) is 31.1 Å². The normalized spacial score (nSPS) is 12.0. The molecule has 0 saturated carbocycles. The minimum Gasteiger partial charge on any atom is -0.506 e. The Balaban J connectivity index is 1.92. The molecule has 0 aliphatic rings. The van der Waals surface area contributed by atoms with E-state index < -0.39 is 10.0 Å². The van der Waals surface area contributed by atoms with Crippen molar-refractivity contribution in [3.8, 4) is 16.9 Å². The summed E-state index contributed by atoms with van der Waals surface area (Å²) in [6, 6.07) is 21.2. The molecular formula is C22H23NO3S. The highest BCUT2D eigenvalue weighted by Crippen LogP contribution is 2.32. The molecule has 0 bridgehead atoms. The lowest BCUT2D eigenvalue weighted by Crippen LogP contribution is -2.15. The fraction of sp³-hybridized carbons (Fsp3) is 0.182. The number of phenolic OH excluding ortho intramolecular Hbond substituents is 1. The fourth-order valence-electron chi connectivity index (χ4n) is 2.77. The molecular weight excluding hydrogens is 358 g/mol. The van der Waals surface area contributed by atoms with Crippen molar-refractivity contribution in [3.05, 3.63) is 78.4 Å². The van der Waals surface area contributed by atoms with E-state index in [2.05, 4.69) is 25.5 Å². The van der Waals surface area contributed by atoms with Crippen molar-refractivity contribution in [1.29, 1.82) is 0 Å². The van der Waals surface area contributed by atoms with E-state index in [4.69, 9.17) is 0 Å². The van der Waals surface area contributed by atoms with Gasteiger partial charge in [-0.2, -0.15) is 0 Å². The monoisotopic (exact) mass is 381 g/mol. The largest absolute Gasteiger partial charge is 0.506 e. The molecule has 0 aromatic heterocycles. The van der Waals surface area contributed by atoms with E-state index in [-0.39, 0.29) is 21.7 Å². The van der Waals surface area contributed by atoms with Crippen LogP contribution in [0.25, 0.3) is 11.1 Å². The van der Waals surface area contributed by atoms with Gasteiger partial charge in [-0.05, 0) is 46.4 Å². The smallest absolute Gasteiger partial charge is 0.262 e. The van der Waals surface area contributed by atoms with Crippen LogP contribution in [-0.4, -0.2) is 13.5 Å². The second-order valence-corrected chi connectivity index (χ2v) is 9.16. The summed E-state index contributed by atoms with van der Waals surface area (Å²) in [4.78, 5) is 0.153. The van der Waals surface area contributed by atoms with Crippen molar-refractivity contribution in [1.82, 2.24) is 0 Å². The van der Waals surface area contributed by atoms with Crippen LogP contribution < -0.4 is 4.72 Å². The molecule has 3 aromatic carbocycles. The van der Waals surface area contributed by atoms with Crippen LogP contribution in [0.3, 0.4) is 0 Å². The lowest BCUT2D eigenvalue weighted by atomic mass is 9.87. The van der Waals surface area contributed by atoms with E-state index in [9.17, 15) is 13.5 Å². The van der Waals surface area contributed by atoms with Crippen LogP contribution in [0.1, 0.15) is 26.3 Å². The van der Waals surface area contributed by atoms with Crippen LogP contribution in [0.15, 0.2) is 77.7 Å². The zero-order valence-corrected chi connectivity index (χ0v) is 16.4. The quantitative estimate of drug-likeness (QED) is 0.614. The molecule has 0 unspecified atom stereocenters. The summed E-state index contributed by atoms with van der Waals surface area (Å²) in [6.45, 7) is 6.21. The van der Waals surface area contributed by atoms with E-state index in [1.54, 1.807) is 24.3 Å². The van der Waals surface area contributed by atoms with Gasteiger partial charge in [0.25, 0.3) is 10.0 Å². The van der Waals surface area contributed by atoms with Crippen LogP contribution in [-0.2, 0) is 15.4 Å². The molecule has 0 radical (unpaired) electrons. The molecule has 3 rings (SSSR count). The Morgan fingerprint density at radius 1 is 0.815 bits per heavy atom. The molecule has 0 atom stereocenters. The number of hydrogen-bond donors (Lipinski definition) is 2. The zero-order valence-electron chi connectivity index (χ0n) is 15.6. The van der Waals surface area contributed by atoms with E-state index in [0.29, 0.717) is 0 Å². The van der Waals surface area contributed by atoms with E-state index in [1.165, 1.54) is 6.07 Å². The van der Waals surface area contributed by atoms with Gasteiger partial charge in [0.05, 0.1) is 10.6 Å². The lowest BCUT2D eigenvalue weighted by Gasteiger charge is -2.19. The van der Waals surface area contributed by atoms with Gasteiger partial charge in [0.1, 0.15) is 5.75 Å². The first-order chi connectivity index (χ1) is 12.7. The highest BCUT2D eigenvalue weighted by Gasteiger charge is 2.19. The molecule has 0 fully saturated rings. The minimum atomic E-state index is -3.81. The Bertz CT molecular complexity index is 1040. The van der Waals surface area contributed by atoms with Gasteiger partial charge in [-0.25, -0.2) is 8.42 Å². The second-order valence-electron chi connectivity index (χ2n) is 7.48. The van der Waals surface area contributed by atoms with Gasteiger partial charge in [0.15, 0.2) is 0 Å². The first-order valence-electron chi connectivity index (χ1n) is 8.69. The summed E-state index contributed by atoms with van der Waals surface area (Å²) in [5.74, 6) is -0.121.